The van der Waals surface area contributed by atoms with Gasteiger partial charge in [0.2, 0.25) is 0 Å². The maximum absolute atomic E-state index is 11.8. The normalized spacial score (nSPS) is 25.2. The molecule has 2 N–H and O–H groups in total. The van der Waals surface area contributed by atoms with E-state index in [4.69, 9.17) is 9.47 Å². The molecule has 5 heteroatoms. The lowest BCUT2D eigenvalue weighted by atomic mass is 10.00. The number of carbonyl (C=O) groups excluding carboxylic acids is 1. The van der Waals surface area contributed by atoms with Gasteiger partial charge in [-0.15, -0.1) is 0 Å². The Morgan fingerprint density at radius 2 is 2.00 bits per heavy atom. The number of aliphatic hydroxyl groups excluding tert-OH is 2. The molecule has 0 radical (unpaired) electrons. The van der Waals surface area contributed by atoms with Crippen molar-refractivity contribution < 1.29 is 24.5 Å². The first kappa shape index (κ1) is 16.6. The predicted molar refractivity (Wildman–Crippen MR) is 70.7 cm³/mol. The van der Waals surface area contributed by atoms with E-state index < -0.39 is 24.1 Å². The number of rotatable bonds is 8. The second kappa shape index (κ2) is 7.33. The van der Waals surface area contributed by atoms with Crippen molar-refractivity contribution in [2.75, 3.05) is 6.61 Å². The highest BCUT2D eigenvalue weighted by atomic mass is 16.7. The van der Waals surface area contributed by atoms with Gasteiger partial charge in [0.1, 0.15) is 18.3 Å². The molecule has 0 spiro atoms. The first-order chi connectivity index (χ1) is 8.87. The molecule has 0 amide bonds. The maximum Gasteiger partial charge on any atom is 0.164 e. The second-order valence-electron chi connectivity index (χ2n) is 5.58. The summed E-state index contributed by atoms with van der Waals surface area (Å²) in [5.41, 5.74) is 0. The van der Waals surface area contributed by atoms with Crippen molar-refractivity contribution in [1.29, 1.82) is 0 Å². The maximum atomic E-state index is 11.8. The highest BCUT2D eigenvalue weighted by Crippen LogP contribution is 2.25. The van der Waals surface area contributed by atoms with Gasteiger partial charge in [0, 0.05) is 6.42 Å². The zero-order chi connectivity index (χ0) is 14.5. The topological polar surface area (TPSA) is 76.0 Å². The van der Waals surface area contributed by atoms with Crippen LogP contribution in [0.3, 0.4) is 0 Å². The van der Waals surface area contributed by atoms with Crippen molar-refractivity contribution in [3.8, 4) is 0 Å². The van der Waals surface area contributed by atoms with E-state index in [1.807, 2.05) is 0 Å². The summed E-state index contributed by atoms with van der Waals surface area (Å²) in [4.78, 5) is 11.8. The third kappa shape index (κ3) is 5.18. The molecule has 3 atom stereocenters. The Labute approximate surface area is 114 Å². The predicted octanol–water partition coefficient (Wildman–Crippen LogP) is 1.40. The molecule has 0 bridgehead atoms. The van der Waals surface area contributed by atoms with Crippen molar-refractivity contribution in [3.63, 3.8) is 0 Å². The average Bonchev–Trinajstić information content (AvgIpc) is 2.73. The molecule has 1 fully saturated rings. The molecule has 112 valence electrons. The Morgan fingerprint density at radius 3 is 2.53 bits per heavy atom. The van der Waals surface area contributed by atoms with Gasteiger partial charge in [-0.2, -0.15) is 0 Å². The van der Waals surface area contributed by atoms with Crippen LogP contribution >= 0.6 is 0 Å². The molecule has 0 aliphatic carbocycles. The van der Waals surface area contributed by atoms with Crippen LogP contribution < -0.4 is 0 Å². The monoisotopic (exact) mass is 274 g/mol. The number of hydrogen-bond donors (Lipinski definition) is 2. The Bertz CT molecular complexity index is 290. The van der Waals surface area contributed by atoms with Crippen LogP contribution in [0.25, 0.3) is 0 Å². The minimum absolute atomic E-state index is 0.189. The van der Waals surface area contributed by atoms with Crippen LogP contribution in [0.4, 0.5) is 0 Å². The summed E-state index contributed by atoms with van der Waals surface area (Å²) < 4.78 is 10.8. The van der Waals surface area contributed by atoms with Crippen LogP contribution in [0.2, 0.25) is 0 Å². The van der Waals surface area contributed by atoms with Crippen LogP contribution in [0, 0.1) is 0 Å². The van der Waals surface area contributed by atoms with Crippen molar-refractivity contribution >= 4 is 5.78 Å². The number of ether oxygens (including phenoxy) is 2. The molecule has 5 nitrogen and oxygen atoms in total. The van der Waals surface area contributed by atoms with E-state index in [2.05, 4.69) is 6.92 Å². The summed E-state index contributed by atoms with van der Waals surface area (Å²) >= 11 is 0. The standard InChI is InChI=1S/C14H26O5/c1-4-5-6-7-8-10(15)12(16)13(17)11-9-18-14(2,3)19-11/h11-13,16-17H,4-9H2,1-3H3/t11-,12-,13+/m1/s1. The molecular weight excluding hydrogens is 248 g/mol. The summed E-state index contributed by atoms with van der Waals surface area (Å²) in [6.45, 7) is 5.76. The number of unbranched alkanes of at least 4 members (excludes halogenated alkanes) is 3. The first-order valence-corrected chi connectivity index (χ1v) is 7.08. The summed E-state index contributed by atoms with van der Waals surface area (Å²) in [5, 5.41) is 19.8. The van der Waals surface area contributed by atoms with Gasteiger partial charge in [0.25, 0.3) is 0 Å². The van der Waals surface area contributed by atoms with Gasteiger partial charge in [-0.25, -0.2) is 0 Å². The Balaban J connectivity index is 2.35. The van der Waals surface area contributed by atoms with Gasteiger partial charge in [0.15, 0.2) is 11.6 Å². The zero-order valence-corrected chi connectivity index (χ0v) is 12.1. The molecule has 1 saturated heterocycles. The van der Waals surface area contributed by atoms with E-state index in [-0.39, 0.29) is 12.4 Å². The molecule has 1 heterocycles. The molecule has 1 aliphatic heterocycles. The fraction of sp³-hybridized carbons (Fsp3) is 0.929. The minimum Gasteiger partial charge on any atom is -0.387 e. The lowest BCUT2D eigenvalue weighted by molar-refractivity contribution is -0.165. The van der Waals surface area contributed by atoms with Gasteiger partial charge in [0.05, 0.1) is 6.61 Å². The molecule has 0 unspecified atom stereocenters. The van der Waals surface area contributed by atoms with Crippen molar-refractivity contribution in [2.45, 2.75) is 77.0 Å². The van der Waals surface area contributed by atoms with Gasteiger partial charge in [-0.05, 0) is 20.3 Å². The van der Waals surface area contributed by atoms with E-state index in [1.165, 1.54) is 0 Å². The quantitative estimate of drug-likeness (QED) is 0.654. The highest BCUT2D eigenvalue weighted by molar-refractivity contribution is 5.83. The molecular formula is C14H26O5. The molecule has 19 heavy (non-hydrogen) atoms. The van der Waals surface area contributed by atoms with Crippen molar-refractivity contribution in [2.24, 2.45) is 0 Å². The zero-order valence-electron chi connectivity index (χ0n) is 12.1. The summed E-state index contributed by atoms with van der Waals surface area (Å²) in [7, 11) is 0. The molecule has 0 aromatic heterocycles. The molecule has 0 aromatic carbocycles. The van der Waals surface area contributed by atoms with Crippen LogP contribution in [-0.2, 0) is 14.3 Å². The fourth-order valence-corrected chi connectivity index (χ4v) is 2.15. The molecule has 0 aromatic rings. The van der Waals surface area contributed by atoms with Crippen LogP contribution in [0.1, 0.15) is 52.9 Å². The number of ketones is 1. The third-order valence-electron chi connectivity index (χ3n) is 3.34. The van der Waals surface area contributed by atoms with Gasteiger partial charge < -0.3 is 19.7 Å². The van der Waals surface area contributed by atoms with Gasteiger partial charge >= 0.3 is 0 Å². The van der Waals surface area contributed by atoms with E-state index in [1.54, 1.807) is 13.8 Å². The first-order valence-electron chi connectivity index (χ1n) is 7.08. The van der Waals surface area contributed by atoms with E-state index in [9.17, 15) is 15.0 Å². The largest absolute Gasteiger partial charge is 0.387 e. The number of Topliss-reactive ketones (excluding diaryl/α,β-unsaturated/α-hetero) is 1. The minimum atomic E-state index is -1.39. The summed E-state index contributed by atoms with van der Waals surface area (Å²) in [6, 6.07) is 0. The third-order valence-corrected chi connectivity index (χ3v) is 3.34. The lowest BCUT2D eigenvalue weighted by Gasteiger charge is -2.23. The molecule has 0 saturated carbocycles. The second-order valence-corrected chi connectivity index (χ2v) is 5.58. The SMILES string of the molecule is CCCCCCC(=O)[C@@H](O)[C@@H](O)[C@H]1COC(C)(C)O1. The molecule has 1 rings (SSSR count). The van der Waals surface area contributed by atoms with Crippen molar-refractivity contribution in [1.82, 2.24) is 0 Å². The van der Waals surface area contributed by atoms with E-state index >= 15 is 0 Å². The van der Waals surface area contributed by atoms with Crippen LogP contribution in [-0.4, -0.2) is 46.7 Å². The number of aliphatic hydroxyl groups is 2. The van der Waals surface area contributed by atoms with Crippen molar-refractivity contribution in [3.05, 3.63) is 0 Å². The number of hydrogen-bond acceptors (Lipinski definition) is 5. The van der Waals surface area contributed by atoms with Gasteiger partial charge in [-0.3, -0.25) is 4.79 Å². The highest BCUT2D eigenvalue weighted by Gasteiger charge is 2.40. The Kier molecular flexibility index (Phi) is 6.39. The molecule has 1 aliphatic rings. The summed E-state index contributed by atoms with van der Waals surface area (Å²) in [6.07, 6.45) is 0.955. The Morgan fingerprint density at radius 1 is 1.32 bits per heavy atom. The van der Waals surface area contributed by atoms with Crippen LogP contribution in [0.15, 0.2) is 0 Å². The smallest absolute Gasteiger partial charge is 0.164 e. The average molecular weight is 274 g/mol. The lowest BCUT2D eigenvalue weighted by Crippen LogP contribution is -2.44. The van der Waals surface area contributed by atoms with E-state index in [0.717, 1.165) is 25.7 Å². The van der Waals surface area contributed by atoms with Crippen LogP contribution in [0.5, 0.6) is 0 Å². The fourth-order valence-electron chi connectivity index (χ4n) is 2.15. The van der Waals surface area contributed by atoms with E-state index in [0.29, 0.717) is 6.42 Å². The Hall–Kier alpha value is -0.490. The summed E-state index contributed by atoms with van der Waals surface area (Å²) in [5.74, 6) is -1.09. The van der Waals surface area contributed by atoms with Gasteiger partial charge in [-0.1, -0.05) is 26.2 Å². The number of carbonyl (C=O) groups is 1.